The van der Waals surface area contributed by atoms with Crippen molar-refractivity contribution in [1.29, 1.82) is 0 Å². The van der Waals surface area contributed by atoms with Crippen LogP contribution in [-0.2, 0) is 11.3 Å². The van der Waals surface area contributed by atoms with Crippen LogP contribution in [0.1, 0.15) is 45.1 Å². The number of nitrogens with one attached hydrogen (secondary N) is 2. The number of anilines is 1. The quantitative estimate of drug-likeness (QED) is 0.307. The second-order valence-electron chi connectivity index (χ2n) is 7.98. The van der Waals surface area contributed by atoms with Crippen LogP contribution in [0.3, 0.4) is 0 Å². The fraction of sp³-hybridized carbons (Fsp3) is 0.696. The van der Waals surface area contributed by atoms with Crippen LogP contribution in [0.2, 0.25) is 0 Å². The maximum Gasteiger partial charge on any atom is 0.191 e. The first-order valence-electron chi connectivity index (χ1n) is 11.5. The predicted octanol–water partition coefficient (Wildman–Crippen LogP) is 3.46. The minimum atomic E-state index is 0. The lowest BCUT2D eigenvalue weighted by atomic mass is 10.0. The molecule has 6 nitrogen and oxygen atoms in total. The summed E-state index contributed by atoms with van der Waals surface area (Å²) in [4.78, 5) is 9.81. The summed E-state index contributed by atoms with van der Waals surface area (Å²) in [6.07, 6.45) is 5.33. The molecule has 0 radical (unpaired) electrons. The molecule has 170 valence electrons. The fourth-order valence-electron chi connectivity index (χ4n) is 4.28. The lowest BCUT2D eigenvalue weighted by Crippen LogP contribution is -2.45. The summed E-state index contributed by atoms with van der Waals surface area (Å²) in [6.45, 7) is 12.9. The lowest BCUT2D eigenvalue weighted by Gasteiger charge is -2.35. The number of likely N-dealkylation sites (tertiary alicyclic amines) is 1. The van der Waals surface area contributed by atoms with E-state index < -0.39 is 0 Å². The highest BCUT2D eigenvalue weighted by molar-refractivity contribution is 14.0. The first-order chi connectivity index (χ1) is 14.3. The molecule has 7 heteroatoms. The molecular formula is C23H40IN5O. The number of aliphatic imine (C=N–C) groups is 1. The van der Waals surface area contributed by atoms with Crippen LogP contribution < -0.4 is 15.5 Å². The third-order valence-corrected chi connectivity index (χ3v) is 5.99. The number of piperidine rings is 1. The SMILES string of the molecule is CCNC(=NCc1ccc(N2CCOCC2)cc1)NCCN1CCCCC1CC.I. The minimum absolute atomic E-state index is 0. The summed E-state index contributed by atoms with van der Waals surface area (Å²) in [5.74, 6) is 0.912. The number of ether oxygens (including phenoxy) is 1. The molecule has 2 saturated heterocycles. The van der Waals surface area contributed by atoms with Crippen molar-refractivity contribution < 1.29 is 4.74 Å². The summed E-state index contributed by atoms with van der Waals surface area (Å²) in [5.41, 5.74) is 2.51. The van der Waals surface area contributed by atoms with Crippen LogP contribution in [0.4, 0.5) is 5.69 Å². The van der Waals surface area contributed by atoms with Gasteiger partial charge in [0.25, 0.3) is 0 Å². The van der Waals surface area contributed by atoms with Crippen molar-refractivity contribution in [3.63, 3.8) is 0 Å². The third kappa shape index (κ3) is 7.89. The molecule has 2 N–H and O–H groups in total. The van der Waals surface area contributed by atoms with Gasteiger partial charge in [0.1, 0.15) is 0 Å². The van der Waals surface area contributed by atoms with Gasteiger partial charge < -0.3 is 20.3 Å². The van der Waals surface area contributed by atoms with Gasteiger partial charge in [-0.2, -0.15) is 0 Å². The minimum Gasteiger partial charge on any atom is -0.378 e. The van der Waals surface area contributed by atoms with Crippen molar-refractivity contribution in [3.8, 4) is 0 Å². The van der Waals surface area contributed by atoms with Gasteiger partial charge in [-0.3, -0.25) is 4.90 Å². The van der Waals surface area contributed by atoms with Crippen molar-refractivity contribution >= 4 is 35.6 Å². The molecule has 2 aliphatic rings. The number of hydrogen-bond donors (Lipinski definition) is 2. The van der Waals surface area contributed by atoms with Crippen LogP contribution in [0.5, 0.6) is 0 Å². The molecule has 1 aromatic rings. The zero-order valence-corrected chi connectivity index (χ0v) is 21.1. The van der Waals surface area contributed by atoms with E-state index in [0.717, 1.165) is 57.9 Å². The highest BCUT2D eigenvalue weighted by atomic mass is 127. The summed E-state index contributed by atoms with van der Waals surface area (Å²) in [6, 6.07) is 9.56. The Bertz CT molecular complexity index is 619. The molecule has 0 bridgehead atoms. The second kappa shape index (κ2) is 14.1. The Balaban J connectivity index is 0.00000320. The normalized spacial score (nSPS) is 20.5. The van der Waals surface area contributed by atoms with Crippen LogP contribution in [0.25, 0.3) is 0 Å². The number of hydrogen-bond acceptors (Lipinski definition) is 4. The predicted molar refractivity (Wildman–Crippen MR) is 137 cm³/mol. The average molecular weight is 530 g/mol. The van der Waals surface area contributed by atoms with E-state index in [-0.39, 0.29) is 24.0 Å². The molecule has 1 unspecified atom stereocenters. The zero-order valence-electron chi connectivity index (χ0n) is 18.7. The number of rotatable bonds is 8. The van der Waals surface area contributed by atoms with Crippen LogP contribution >= 0.6 is 24.0 Å². The molecule has 0 saturated carbocycles. The Kier molecular flexibility index (Phi) is 11.8. The van der Waals surface area contributed by atoms with Gasteiger partial charge in [-0.1, -0.05) is 25.5 Å². The standard InChI is InChI=1S/C23H39N5O.HI/c1-3-21-7-5-6-13-27(21)14-12-25-23(24-4-2)26-19-20-8-10-22(11-9-20)28-15-17-29-18-16-28;/h8-11,21H,3-7,12-19H2,1-2H3,(H2,24,25,26);1H. The summed E-state index contributed by atoms with van der Waals surface area (Å²) in [5, 5.41) is 6.90. The first-order valence-corrected chi connectivity index (χ1v) is 11.5. The van der Waals surface area contributed by atoms with Crippen LogP contribution in [0.15, 0.2) is 29.3 Å². The Labute approximate surface area is 199 Å². The van der Waals surface area contributed by atoms with Gasteiger partial charge >= 0.3 is 0 Å². The van der Waals surface area contributed by atoms with Crippen molar-refractivity contribution in [3.05, 3.63) is 29.8 Å². The lowest BCUT2D eigenvalue weighted by molar-refractivity contribution is 0.122. The molecule has 0 amide bonds. The highest BCUT2D eigenvalue weighted by Crippen LogP contribution is 2.19. The molecule has 0 spiro atoms. The van der Waals surface area contributed by atoms with E-state index in [9.17, 15) is 0 Å². The van der Waals surface area contributed by atoms with Crippen molar-refractivity contribution in [2.24, 2.45) is 4.99 Å². The first kappa shape index (κ1) is 25.2. The molecular weight excluding hydrogens is 489 g/mol. The monoisotopic (exact) mass is 529 g/mol. The summed E-state index contributed by atoms with van der Waals surface area (Å²) in [7, 11) is 0. The van der Waals surface area contributed by atoms with E-state index in [2.05, 4.69) is 58.5 Å². The van der Waals surface area contributed by atoms with Gasteiger partial charge in [-0.25, -0.2) is 4.99 Å². The zero-order chi connectivity index (χ0) is 20.3. The maximum absolute atomic E-state index is 5.44. The van der Waals surface area contributed by atoms with Gasteiger partial charge in [0.2, 0.25) is 0 Å². The van der Waals surface area contributed by atoms with E-state index in [4.69, 9.17) is 9.73 Å². The van der Waals surface area contributed by atoms with Crippen molar-refractivity contribution in [1.82, 2.24) is 15.5 Å². The second-order valence-corrected chi connectivity index (χ2v) is 7.98. The van der Waals surface area contributed by atoms with Gasteiger partial charge in [0, 0.05) is 44.5 Å². The maximum atomic E-state index is 5.44. The molecule has 2 heterocycles. The Morgan fingerprint density at radius 3 is 2.53 bits per heavy atom. The molecule has 0 aliphatic carbocycles. The Hall–Kier alpha value is -1.06. The van der Waals surface area contributed by atoms with E-state index in [1.165, 1.54) is 43.5 Å². The van der Waals surface area contributed by atoms with Crippen molar-refractivity contribution in [2.75, 3.05) is 57.4 Å². The largest absolute Gasteiger partial charge is 0.378 e. The average Bonchev–Trinajstić information content (AvgIpc) is 2.78. The Morgan fingerprint density at radius 2 is 1.83 bits per heavy atom. The van der Waals surface area contributed by atoms with E-state index in [1.807, 2.05) is 0 Å². The fourth-order valence-corrected chi connectivity index (χ4v) is 4.28. The molecule has 30 heavy (non-hydrogen) atoms. The number of nitrogens with zero attached hydrogens (tertiary/aromatic N) is 3. The molecule has 0 aromatic heterocycles. The van der Waals surface area contributed by atoms with Crippen LogP contribution in [0, 0.1) is 0 Å². The Morgan fingerprint density at radius 1 is 1.07 bits per heavy atom. The number of guanidine groups is 1. The molecule has 1 atom stereocenters. The number of benzene rings is 1. The number of morpholine rings is 1. The highest BCUT2D eigenvalue weighted by Gasteiger charge is 2.20. The van der Waals surface area contributed by atoms with Gasteiger partial charge in [0.05, 0.1) is 19.8 Å². The van der Waals surface area contributed by atoms with E-state index >= 15 is 0 Å². The molecule has 2 aliphatic heterocycles. The molecule has 3 rings (SSSR count). The topological polar surface area (TPSA) is 52.1 Å². The summed E-state index contributed by atoms with van der Waals surface area (Å²) < 4.78 is 5.44. The van der Waals surface area contributed by atoms with E-state index in [0.29, 0.717) is 6.54 Å². The molecule has 2 fully saturated rings. The molecule has 1 aromatic carbocycles. The van der Waals surface area contributed by atoms with Gasteiger partial charge in [-0.05, 0) is 50.4 Å². The smallest absolute Gasteiger partial charge is 0.191 e. The third-order valence-electron chi connectivity index (χ3n) is 5.99. The number of halogens is 1. The van der Waals surface area contributed by atoms with Crippen molar-refractivity contribution in [2.45, 2.75) is 52.1 Å². The van der Waals surface area contributed by atoms with E-state index in [1.54, 1.807) is 0 Å². The summed E-state index contributed by atoms with van der Waals surface area (Å²) >= 11 is 0. The van der Waals surface area contributed by atoms with Gasteiger partial charge in [0.15, 0.2) is 5.96 Å². The van der Waals surface area contributed by atoms with Crippen LogP contribution in [-0.4, -0.2) is 69.4 Å². The van der Waals surface area contributed by atoms with Gasteiger partial charge in [-0.15, -0.1) is 24.0 Å².